The molecule has 3 atom stereocenters. The summed E-state index contributed by atoms with van der Waals surface area (Å²) in [4.78, 5) is 0. The maximum atomic E-state index is 3.61. The van der Waals surface area contributed by atoms with Crippen LogP contribution in [0.4, 0.5) is 5.69 Å². The zero-order valence-electron chi connectivity index (χ0n) is 13.4. The summed E-state index contributed by atoms with van der Waals surface area (Å²) >= 11 is 0. The minimum Gasteiger partial charge on any atom is -0.385 e. The predicted molar refractivity (Wildman–Crippen MR) is 89.3 cm³/mol. The Morgan fingerprint density at radius 2 is 1.95 bits per heavy atom. The summed E-state index contributed by atoms with van der Waals surface area (Å²) in [5.41, 5.74) is 4.27. The van der Waals surface area contributed by atoms with Gasteiger partial charge in [0.25, 0.3) is 0 Å². The highest BCUT2D eigenvalue weighted by Crippen LogP contribution is 2.28. The Labute approximate surface area is 124 Å². The Morgan fingerprint density at radius 1 is 1.25 bits per heavy atom. The van der Waals surface area contributed by atoms with Gasteiger partial charge < -0.3 is 5.32 Å². The molecule has 3 unspecified atom stereocenters. The third-order valence-electron chi connectivity index (χ3n) is 4.57. The molecular formula is C19H29N. The molecule has 0 heterocycles. The highest BCUT2D eigenvalue weighted by atomic mass is 14.9. The van der Waals surface area contributed by atoms with Gasteiger partial charge in [-0.25, -0.2) is 0 Å². The molecule has 0 spiro atoms. The summed E-state index contributed by atoms with van der Waals surface area (Å²) in [5, 5.41) is 3.61. The molecule has 1 aliphatic rings. The van der Waals surface area contributed by atoms with Crippen molar-refractivity contribution in [3.63, 3.8) is 0 Å². The van der Waals surface area contributed by atoms with Crippen molar-refractivity contribution in [2.24, 2.45) is 11.8 Å². The Hall–Kier alpha value is -1.24. The van der Waals surface area contributed by atoms with Crippen molar-refractivity contribution in [2.45, 2.75) is 52.9 Å². The van der Waals surface area contributed by atoms with Crippen LogP contribution in [0, 0.1) is 11.8 Å². The normalized spacial score (nSPS) is 24.1. The van der Waals surface area contributed by atoms with Gasteiger partial charge in [-0.2, -0.15) is 0 Å². The van der Waals surface area contributed by atoms with Gasteiger partial charge in [0, 0.05) is 12.2 Å². The molecule has 0 radical (unpaired) electrons. The number of nitrogens with one attached hydrogen (secondary N) is 1. The molecule has 110 valence electrons. The van der Waals surface area contributed by atoms with E-state index < -0.39 is 0 Å². The predicted octanol–water partition coefficient (Wildman–Crippen LogP) is 5.60. The second-order valence-electron chi connectivity index (χ2n) is 6.61. The van der Waals surface area contributed by atoms with Gasteiger partial charge >= 0.3 is 0 Å². The van der Waals surface area contributed by atoms with Crippen LogP contribution < -0.4 is 5.32 Å². The fraction of sp³-hybridized carbons (Fsp3) is 0.579. The standard InChI is InChI=1S/C19H29N/c1-5-16(4)18-6-8-19(9-7-18)20-13-17-11-14(2)10-15(3)12-17/h6-10,14,16-17,20H,5,11-13H2,1-4H3. The summed E-state index contributed by atoms with van der Waals surface area (Å²) in [6.45, 7) is 10.2. The van der Waals surface area contributed by atoms with Crippen LogP contribution in [0.5, 0.6) is 0 Å². The highest BCUT2D eigenvalue weighted by molar-refractivity contribution is 5.45. The lowest BCUT2D eigenvalue weighted by Crippen LogP contribution is -2.20. The summed E-state index contributed by atoms with van der Waals surface area (Å²) in [6, 6.07) is 9.00. The Bertz CT molecular complexity index is 443. The van der Waals surface area contributed by atoms with E-state index in [1.54, 1.807) is 5.57 Å². The van der Waals surface area contributed by atoms with Crippen LogP contribution >= 0.6 is 0 Å². The van der Waals surface area contributed by atoms with Crippen molar-refractivity contribution in [3.05, 3.63) is 41.5 Å². The quantitative estimate of drug-likeness (QED) is 0.687. The number of hydrogen-bond donors (Lipinski definition) is 1. The molecule has 20 heavy (non-hydrogen) atoms. The van der Waals surface area contributed by atoms with Gasteiger partial charge in [-0.05, 0) is 61.6 Å². The van der Waals surface area contributed by atoms with E-state index in [2.05, 4.69) is 63.4 Å². The fourth-order valence-electron chi connectivity index (χ4n) is 3.27. The third kappa shape index (κ3) is 4.13. The van der Waals surface area contributed by atoms with E-state index in [9.17, 15) is 0 Å². The molecule has 0 bridgehead atoms. The van der Waals surface area contributed by atoms with Crippen LogP contribution in [0.25, 0.3) is 0 Å². The van der Waals surface area contributed by atoms with E-state index in [0.29, 0.717) is 5.92 Å². The topological polar surface area (TPSA) is 12.0 Å². The van der Waals surface area contributed by atoms with Gasteiger partial charge in [0.15, 0.2) is 0 Å². The first-order valence-electron chi connectivity index (χ1n) is 8.09. The van der Waals surface area contributed by atoms with Crippen LogP contribution in [0.2, 0.25) is 0 Å². The first kappa shape index (κ1) is 15.2. The third-order valence-corrected chi connectivity index (χ3v) is 4.57. The SMILES string of the molecule is CCC(C)c1ccc(NCC2CC(C)=CC(C)C2)cc1. The van der Waals surface area contributed by atoms with Crippen LogP contribution in [0.15, 0.2) is 35.9 Å². The van der Waals surface area contributed by atoms with E-state index in [0.717, 1.165) is 18.4 Å². The molecule has 0 fully saturated rings. The van der Waals surface area contributed by atoms with E-state index in [1.807, 2.05) is 0 Å². The maximum absolute atomic E-state index is 3.61. The molecule has 1 aromatic carbocycles. The van der Waals surface area contributed by atoms with Crippen molar-refractivity contribution in [3.8, 4) is 0 Å². The molecule has 0 saturated heterocycles. The molecule has 1 nitrogen and oxygen atoms in total. The number of allylic oxidation sites excluding steroid dienone is 2. The lowest BCUT2D eigenvalue weighted by atomic mass is 9.84. The van der Waals surface area contributed by atoms with Gasteiger partial charge in [-0.1, -0.05) is 44.6 Å². The number of benzene rings is 1. The van der Waals surface area contributed by atoms with Crippen LogP contribution in [0.3, 0.4) is 0 Å². The summed E-state index contributed by atoms with van der Waals surface area (Å²) in [7, 11) is 0. The second-order valence-corrected chi connectivity index (χ2v) is 6.61. The molecule has 1 aliphatic carbocycles. The van der Waals surface area contributed by atoms with Crippen molar-refractivity contribution < 1.29 is 0 Å². The van der Waals surface area contributed by atoms with Gasteiger partial charge in [-0.3, -0.25) is 0 Å². The minimum absolute atomic E-state index is 0.663. The monoisotopic (exact) mass is 271 g/mol. The lowest BCUT2D eigenvalue weighted by molar-refractivity contribution is 0.421. The van der Waals surface area contributed by atoms with Crippen LogP contribution in [-0.4, -0.2) is 6.54 Å². The van der Waals surface area contributed by atoms with Crippen molar-refractivity contribution in [1.29, 1.82) is 0 Å². The van der Waals surface area contributed by atoms with Gasteiger partial charge in [0.2, 0.25) is 0 Å². The molecule has 0 aromatic heterocycles. The lowest BCUT2D eigenvalue weighted by Gasteiger charge is -2.26. The van der Waals surface area contributed by atoms with E-state index in [1.165, 1.54) is 30.5 Å². The molecule has 0 aliphatic heterocycles. The average Bonchev–Trinajstić information content (AvgIpc) is 2.44. The molecule has 0 amide bonds. The van der Waals surface area contributed by atoms with Crippen molar-refractivity contribution >= 4 is 5.69 Å². The molecule has 0 saturated carbocycles. The minimum atomic E-state index is 0.663. The van der Waals surface area contributed by atoms with Gasteiger partial charge in [0.1, 0.15) is 0 Å². The molecule has 1 heteroatoms. The largest absolute Gasteiger partial charge is 0.385 e. The Morgan fingerprint density at radius 3 is 2.55 bits per heavy atom. The summed E-state index contributed by atoms with van der Waals surface area (Å²) in [5.74, 6) is 2.18. The fourth-order valence-corrected chi connectivity index (χ4v) is 3.27. The summed E-state index contributed by atoms with van der Waals surface area (Å²) in [6.07, 6.45) is 6.20. The number of hydrogen-bond acceptors (Lipinski definition) is 1. The second kappa shape index (κ2) is 6.97. The number of rotatable bonds is 5. The first-order chi connectivity index (χ1) is 9.58. The molecule has 1 N–H and O–H groups in total. The van der Waals surface area contributed by atoms with Crippen molar-refractivity contribution in [1.82, 2.24) is 0 Å². The van der Waals surface area contributed by atoms with Crippen molar-refractivity contribution in [2.75, 3.05) is 11.9 Å². The zero-order chi connectivity index (χ0) is 14.5. The number of anilines is 1. The van der Waals surface area contributed by atoms with Gasteiger partial charge in [0.05, 0.1) is 0 Å². The Balaban J connectivity index is 1.87. The van der Waals surface area contributed by atoms with Crippen LogP contribution in [0.1, 0.15) is 58.4 Å². The highest BCUT2D eigenvalue weighted by Gasteiger charge is 2.17. The van der Waals surface area contributed by atoms with Crippen LogP contribution in [-0.2, 0) is 0 Å². The molecule has 2 rings (SSSR count). The Kier molecular flexibility index (Phi) is 5.28. The molecular weight excluding hydrogens is 242 g/mol. The van der Waals surface area contributed by atoms with E-state index in [4.69, 9.17) is 0 Å². The maximum Gasteiger partial charge on any atom is 0.0340 e. The average molecular weight is 271 g/mol. The molecule has 1 aromatic rings. The first-order valence-corrected chi connectivity index (χ1v) is 8.09. The van der Waals surface area contributed by atoms with E-state index >= 15 is 0 Å². The smallest absolute Gasteiger partial charge is 0.0340 e. The van der Waals surface area contributed by atoms with Gasteiger partial charge in [-0.15, -0.1) is 0 Å². The summed E-state index contributed by atoms with van der Waals surface area (Å²) < 4.78 is 0. The zero-order valence-corrected chi connectivity index (χ0v) is 13.4. The van der Waals surface area contributed by atoms with E-state index in [-0.39, 0.29) is 0 Å².